The summed E-state index contributed by atoms with van der Waals surface area (Å²) in [6, 6.07) is 12.4. The van der Waals surface area contributed by atoms with Gasteiger partial charge in [0.05, 0.1) is 17.1 Å². The van der Waals surface area contributed by atoms with E-state index < -0.39 is 11.1 Å². The maximum Gasteiger partial charge on any atom is 0.316 e. The summed E-state index contributed by atoms with van der Waals surface area (Å²) >= 11 is 5.98. The van der Waals surface area contributed by atoms with Gasteiger partial charge in [0, 0.05) is 17.1 Å². The van der Waals surface area contributed by atoms with E-state index in [1.165, 1.54) is 4.57 Å². The van der Waals surface area contributed by atoms with Gasteiger partial charge < -0.3 is 14.9 Å². The summed E-state index contributed by atoms with van der Waals surface area (Å²) in [4.78, 5) is 39.3. The third kappa shape index (κ3) is 3.47. The van der Waals surface area contributed by atoms with Crippen LogP contribution in [0.15, 0.2) is 52.1 Å². The van der Waals surface area contributed by atoms with Crippen LogP contribution in [0.1, 0.15) is 41.7 Å². The number of carbonyl (C=O) groups is 1. The second-order valence-corrected chi connectivity index (χ2v) is 7.51. The highest BCUT2D eigenvalue weighted by Crippen LogP contribution is 2.41. The van der Waals surface area contributed by atoms with Crippen molar-refractivity contribution in [1.29, 1.82) is 0 Å². The Bertz CT molecular complexity index is 1160. The van der Waals surface area contributed by atoms with Gasteiger partial charge in [0.15, 0.2) is 0 Å². The molecule has 1 aliphatic rings. The SMILES string of the molecule is CCn1c(=O)c(=O)[nH]c2cc(C(=O)NC(c3ccc(Cl)cc3)C3CC3)ccc21. The van der Waals surface area contributed by atoms with Crippen molar-refractivity contribution in [2.24, 2.45) is 5.92 Å². The Morgan fingerprint density at radius 3 is 2.57 bits per heavy atom. The molecule has 1 aromatic heterocycles. The number of aromatic nitrogens is 2. The second-order valence-electron chi connectivity index (χ2n) is 7.08. The zero-order chi connectivity index (χ0) is 19.8. The van der Waals surface area contributed by atoms with Gasteiger partial charge in [0.25, 0.3) is 5.91 Å². The maximum atomic E-state index is 12.9. The molecule has 4 rings (SSSR count). The monoisotopic (exact) mass is 397 g/mol. The number of aromatic amines is 1. The molecule has 0 bridgehead atoms. The lowest BCUT2D eigenvalue weighted by Gasteiger charge is -2.19. The Morgan fingerprint density at radius 1 is 1.21 bits per heavy atom. The number of benzene rings is 2. The molecule has 1 atom stereocenters. The molecule has 2 N–H and O–H groups in total. The van der Waals surface area contributed by atoms with E-state index in [2.05, 4.69) is 10.3 Å². The molecule has 1 fully saturated rings. The fourth-order valence-electron chi connectivity index (χ4n) is 3.53. The number of hydrogen-bond acceptors (Lipinski definition) is 3. The topological polar surface area (TPSA) is 84.0 Å². The number of H-pyrrole nitrogens is 1. The first-order valence-electron chi connectivity index (χ1n) is 9.31. The number of aryl methyl sites for hydroxylation is 1. The highest BCUT2D eigenvalue weighted by molar-refractivity contribution is 6.30. The van der Waals surface area contributed by atoms with Gasteiger partial charge >= 0.3 is 11.1 Å². The lowest BCUT2D eigenvalue weighted by Crippen LogP contribution is -2.36. The van der Waals surface area contributed by atoms with Crippen molar-refractivity contribution >= 4 is 28.5 Å². The zero-order valence-corrected chi connectivity index (χ0v) is 16.1. The number of hydrogen-bond donors (Lipinski definition) is 2. The predicted molar refractivity (Wildman–Crippen MR) is 109 cm³/mol. The molecule has 1 aliphatic carbocycles. The first-order chi connectivity index (χ1) is 13.5. The third-order valence-corrected chi connectivity index (χ3v) is 5.41. The zero-order valence-electron chi connectivity index (χ0n) is 15.4. The van der Waals surface area contributed by atoms with Crippen LogP contribution in [0.3, 0.4) is 0 Å². The number of halogens is 1. The van der Waals surface area contributed by atoms with E-state index in [1.54, 1.807) is 25.1 Å². The van der Waals surface area contributed by atoms with Crippen LogP contribution in [0.4, 0.5) is 0 Å². The predicted octanol–water partition coefficient (Wildman–Crippen LogP) is 3.24. The summed E-state index contributed by atoms with van der Waals surface area (Å²) < 4.78 is 1.40. The van der Waals surface area contributed by atoms with Crippen molar-refractivity contribution in [3.8, 4) is 0 Å². The molecule has 1 saturated carbocycles. The van der Waals surface area contributed by atoms with Crippen molar-refractivity contribution in [3.63, 3.8) is 0 Å². The summed E-state index contributed by atoms with van der Waals surface area (Å²) in [5.41, 5.74) is 1.24. The van der Waals surface area contributed by atoms with E-state index in [0.29, 0.717) is 34.1 Å². The Labute approximate surface area is 166 Å². The van der Waals surface area contributed by atoms with Crippen LogP contribution in [0.25, 0.3) is 11.0 Å². The number of amides is 1. The molecule has 1 amide bonds. The number of carbonyl (C=O) groups excluding carboxylic acids is 1. The molecule has 1 unspecified atom stereocenters. The van der Waals surface area contributed by atoms with Gasteiger partial charge in [-0.3, -0.25) is 14.4 Å². The van der Waals surface area contributed by atoms with Crippen molar-refractivity contribution in [3.05, 3.63) is 79.3 Å². The molecule has 28 heavy (non-hydrogen) atoms. The highest BCUT2D eigenvalue weighted by atomic mass is 35.5. The van der Waals surface area contributed by atoms with E-state index >= 15 is 0 Å². The van der Waals surface area contributed by atoms with Crippen LogP contribution in [-0.2, 0) is 6.54 Å². The summed E-state index contributed by atoms with van der Waals surface area (Å²) in [7, 11) is 0. The maximum absolute atomic E-state index is 12.9. The van der Waals surface area contributed by atoms with Crippen molar-refractivity contribution < 1.29 is 4.79 Å². The van der Waals surface area contributed by atoms with Crippen LogP contribution < -0.4 is 16.4 Å². The van der Waals surface area contributed by atoms with Crippen LogP contribution in [0.5, 0.6) is 0 Å². The molecule has 1 heterocycles. The average Bonchev–Trinajstić information content (AvgIpc) is 3.52. The largest absolute Gasteiger partial charge is 0.345 e. The van der Waals surface area contributed by atoms with Crippen LogP contribution in [0.2, 0.25) is 5.02 Å². The molecule has 144 valence electrons. The first kappa shape index (κ1) is 18.5. The Morgan fingerprint density at radius 2 is 1.93 bits per heavy atom. The van der Waals surface area contributed by atoms with Gasteiger partial charge in [-0.05, 0) is 61.6 Å². The summed E-state index contributed by atoms with van der Waals surface area (Å²) in [5, 5.41) is 3.77. The lowest BCUT2D eigenvalue weighted by atomic mass is 10.0. The van der Waals surface area contributed by atoms with Crippen molar-refractivity contribution in [2.75, 3.05) is 0 Å². The molecular formula is C21H20ClN3O3. The number of fused-ring (bicyclic) bond motifs is 1. The molecule has 0 radical (unpaired) electrons. The normalized spacial score (nSPS) is 14.8. The van der Waals surface area contributed by atoms with E-state index in [1.807, 2.05) is 24.3 Å². The van der Waals surface area contributed by atoms with Gasteiger partial charge in [-0.1, -0.05) is 23.7 Å². The third-order valence-electron chi connectivity index (χ3n) is 5.16. The minimum Gasteiger partial charge on any atom is -0.345 e. The Balaban J connectivity index is 1.66. The smallest absolute Gasteiger partial charge is 0.316 e. The highest BCUT2D eigenvalue weighted by Gasteiger charge is 2.33. The molecule has 7 heteroatoms. The molecule has 0 aliphatic heterocycles. The second kappa shape index (κ2) is 7.28. The van der Waals surface area contributed by atoms with Crippen molar-refractivity contribution in [1.82, 2.24) is 14.9 Å². The molecule has 3 aromatic rings. The number of rotatable bonds is 5. The molecular weight excluding hydrogens is 378 g/mol. The minimum atomic E-state index is -0.691. The van der Waals surface area contributed by atoms with Crippen molar-refractivity contribution in [2.45, 2.75) is 32.4 Å². The number of nitrogens with one attached hydrogen (secondary N) is 2. The Hall–Kier alpha value is -2.86. The van der Waals surface area contributed by atoms with E-state index in [0.717, 1.165) is 18.4 Å². The van der Waals surface area contributed by atoms with E-state index in [4.69, 9.17) is 11.6 Å². The summed E-state index contributed by atoms with van der Waals surface area (Å²) in [6.45, 7) is 2.18. The van der Waals surface area contributed by atoms with E-state index in [-0.39, 0.29) is 11.9 Å². The molecule has 6 nitrogen and oxygen atoms in total. The Kier molecular flexibility index (Phi) is 4.81. The van der Waals surface area contributed by atoms with Gasteiger partial charge in [-0.2, -0.15) is 0 Å². The standard InChI is InChI=1S/C21H20ClN3O3/c1-2-25-17-10-7-14(11-16(17)23-20(27)21(25)28)19(26)24-18(12-3-4-12)13-5-8-15(22)9-6-13/h5-12,18H,2-4H2,1H3,(H,23,27)(H,24,26). The minimum absolute atomic E-state index is 0.0795. The fourth-order valence-corrected chi connectivity index (χ4v) is 3.66. The number of nitrogens with zero attached hydrogens (tertiary/aromatic N) is 1. The lowest BCUT2D eigenvalue weighted by molar-refractivity contribution is 0.0932. The van der Waals surface area contributed by atoms with Crippen LogP contribution in [0, 0.1) is 5.92 Å². The fraction of sp³-hybridized carbons (Fsp3) is 0.286. The van der Waals surface area contributed by atoms with Gasteiger partial charge in [-0.15, -0.1) is 0 Å². The first-order valence-corrected chi connectivity index (χ1v) is 9.69. The van der Waals surface area contributed by atoms with Gasteiger partial charge in [-0.25, -0.2) is 0 Å². The van der Waals surface area contributed by atoms with Gasteiger partial charge in [0.1, 0.15) is 0 Å². The summed E-state index contributed by atoms with van der Waals surface area (Å²) in [5.74, 6) is 0.194. The van der Waals surface area contributed by atoms with E-state index in [9.17, 15) is 14.4 Å². The van der Waals surface area contributed by atoms with Gasteiger partial charge in [0.2, 0.25) is 0 Å². The molecule has 0 saturated heterocycles. The summed E-state index contributed by atoms with van der Waals surface area (Å²) in [6.07, 6.45) is 2.14. The quantitative estimate of drug-likeness (QED) is 0.648. The van der Waals surface area contributed by atoms with Crippen LogP contribution in [-0.4, -0.2) is 15.5 Å². The van der Waals surface area contributed by atoms with Crippen LogP contribution >= 0.6 is 11.6 Å². The molecule has 2 aromatic carbocycles. The molecule has 0 spiro atoms. The average molecular weight is 398 g/mol.